The Labute approximate surface area is 76.3 Å². The van der Waals surface area contributed by atoms with Crippen molar-refractivity contribution in [2.75, 3.05) is 24.3 Å². The summed E-state index contributed by atoms with van der Waals surface area (Å²) in [5.74, 6) is -0.0588. The first-order chi connectivity index (χ1) is 6.31. The van der Waals surface area contributed by atoms with Crippen LogP contribution in [0.3, 0.4) is 0 Å². The van der Waals surface area contributed by atoms with Gasteiger partial charge in [0, 0.05) is 12.6 Å². The lowest BCUT2D eigenvalue weighted by Crippen LogP contribution is -2.17. The second kappa shape index (κ2) is 2.97. The van der Waals surface area contributed by atoms with Crippen LogP contribution >= 0.6 is 0 Å². The summed E-state index contributed by atoms with van der Waals surface area (Å²) in [6.45, 7) is 0.729. The largest absolute Gasteiger partial charge is 0.366 e. The van der Waals surface area contributed by atoms with Crippen LogP contribution in [0.5, 0.6) is 0 Å². The highest BCUT2D eigenvalue weighted by molar-refractivity contribution is 5.96. The molecule has 0 unspecified atom stereocenters. The molecular formula is C9H11N3O. The first kappa shape index (κ1) is 7.91. The molecule has 68 valence electrons. The van der Waals surface area contributed by atoms with Gasteiger partial charge in [-0.2, -0.15) is 0 Å². The fraction of sp³-hybridized carbons (Fsp3) is 0.222. The number of carbonyl (C=O) groups excluding carboxylic acids is 1. The summed E-state index contributed by atoms with van der Waals surface area (Å²) in [4.78, 5) is 11.3. The van der Waals surface area contributed by atoms with E-state index < -0.39 is 0 Å². The number of amides is 1. The predicted octanol–water partition coefficient (Wildman–Crippen LogP) is 0.841. The Morgan fingerprint density at radius 3 is 2.92 bits per heavy atom. The van der Waals surface area contributed by atoms with Gasteiger partial charge in [0.2, 0.25) is 0 Å². The SMILES string of the molecule is CNC(=O)c1ccc2c(c1)NCN2. The minimum atomic E-state index is -0.0588. The summed E-state index contributed by atoms with van der Waals surface area (Å²) >= 11 is 0. The number of fused-ring (bicyclic) bond motifs is 1. The molecule has 3 N–H and O–H groups in total. The molecule has 0 saturated heterocycles. The van der Waals surface area contributed by atoms with Gasteiger partial charge < -0.3 is 16.0 Å². The number of benzene rings is 1. The molecule has 1 aliphatic heterocycles. The van der Waals surface area contributed by atoms with Crippen LogP contribution in [0.1, 0.15) is 10.4 Å². The minimum absolute atomic E-state index is 0.0588. The molecule has 0 aromatic heterocycles. The van der Waals surface area contributed by atoms with E-state index in [1.54, 1.807) is 13.1 Å². The smallest absolute Gasteiger partial charge is 0.251 e. The second-order valence-electron chi connectivity index (χ2n) is 2.87. The van der Waals surface area contributed by atoms with Crippen LogP contribution in [0.4, 0.5) is 11.4 Å². The van der Waals surface area contributed by atoms with E-state index >= 15 is 0 Å². The Balaban J connectivity index is 2.36. The monoisotopic (exact) mass is 177 g/mol. The average Bonchev–Trinajstić information content (AvgIpc) is 2.63. The zero-order chi connectivity index (χ0) is 9.26. The van der Waals surface area contributed by atoms with Gasteiger partial charge in [-0.25, -0.2) is 0 Å². The molecule has 1 heterocycles. The zero-order valence-electron chi connectivity index (χ0n) is 7.35. The van der Waals surface area contributed by atoms with Crippen molar-refractivity contribution in [1.82, 2.24) is 5.32 Å². The molecule has 1 amide bonds. The normalized spacial score (nSPS) is 12.7. The fourth-order valence-corrected chi connectivity index (χ4v) is 1.36. The lowest BCUT2D eigenvalue weighted by Gasteiger charge is -2.02. The Morgan fingerprint density at radius 2 is 2.15 bits per heavy atom. The van der Waals surface area contributed by atoms with Crippen LogP contribution in [-0.2, 0) is 0 Å². The van der Waals surface area contributed by atoms with Crippen LogP contribution < -0.4 is 16.0 Å². The molecule has 4 heteroatoms. The third-order valence-corrected chi connectivity index (χ3v) is 2.07. The summed E-state index contributed by atoms with van der Waals surface area (Å²) in [6, 6.07) is 5.55. The Morgan fingerprint density at radius 1 is 1.38 bits per heavy atom. The Kier molecular flexibility index (Phi) is 1.81. The highest BCUT2D eigenvalue weighted by Gasteiger charge is 2.11. The average molecular weight is 177 g/mol. The van der Waals surface area contributed by atoms with Gasteiger partial charge in [-0.15, -0.1) is 0 Å². The lowest BCUT2D eigenvalue weighted by molar-refractivity contribution is 0.0963. The van der Waals surface area contributed by atoms with Crippen molar-refractivity contribution < 1.29 is 4.79 Å². The summed E-state index contributed by atoms with van der Waals surface area (Å²) in [5, 5.41) is 8.86. The van der Waals surface area contributed by atoms with Gasteiger partial charge in [0.15, 0.2) is 0 Å². The molecule has 0 saturated carbocycles. The summed E-state index contributed by atoms with van der Waals surface area (Å²) in [5.41, 5.74) is 2.71. The van der Waals surface area contributed by atoms with E-state index in [0.717, 1.165) is 18.0 Å². The van der Waals surface area contributed by atoms with Crippen LogP contribution in [0.15, 0.2) is 18.2 Å². The van der Waals surface area contributed by atoms with E-state index in [1.165, 1.54) is 0 Å². The van der Waals surface area contributed by atoms with E-state index in [-0.39, 0.29) is 5.91 Å². The maximum Gasteiger partial charge on any atom is 0.251 e. The van der Waals surface area contributed by atoms with Crippen molar-refractivity contribution in [2.24, 2.45) is 0 Å². The number of rotatable bonds is 1. The molecule has 0 atom stereocenters. The van der Waals surface area contributed by atoms with Gasteiger partial charge in [0.05, 0.1) is 18.0 Å². The number of anilines is 2. The van der Waals surface area contributed by atoms with Gasteiger partial charge in [-0.3, -0.25) is 4.79 Å². The molecular weight excluding hydrogens is 166 g/mol. The third-order valence-electron chi connectivity index (χ3n) is 2.07. The minimum Gasteiger partial charge on any atom is -0.366 e. The molecule has 0 aliphatic carbocycles. The molecule has 0 radical (unpaired) electrons. The number of hydrogen-bond donors (Lipinski definition) is 3. The van der Waals surface area contributed by atoms with Gasteiger partial charge in [0.1, 0.15) is 0 Å². The highest BCUT2D eigenvalue weighted by Crippen LogP contribution is 2.26. The lowest BCUT2D eigenvalue weighted by atomic mass is 10.1. The molecule has 13 heavy (non-hydrogen) atoms. The Hall–Kier alpha value is -1.71. The van der Waals surface area contributed by atoms with E-state index in [0.29, 0.717) is 5.56 Å². The van der Waals surface area contributed by atoms with Gasteiger partial charge in [0.25, 0.3) is 5.91 Å². The van der Waals surface area contributed by atoms with Crippen LogP contribution in [0.2, 0.25) is 0 Å². The number of hydrogen-bond acceptors (Lipinski definition) is 3. The predicted molar refractivity (Wildman–Crippen MR) is 51.9 cm³/mol. The van der Waals surface area contributed by atoms with Gasteiger partial charge >= 0.3 is 0 Å². The molecule has 1 aliphatic rings. The van der Waals surface area contributed by atoms with Crippen LogP contribution in [-0.4, -0.2) is 19.6 Å². The van der Waals surface area contributed by atoms with E-state index in [2.05, 4.69) is 16.0 Å². The standard InChI is InChI=1S/C9H11N3O/c1-10-9(13)6-2-3-7-8(4-6)12-5-11-7/h2-4,11-12H,5H2,1H3,(H,10,13). The Bertz CT molecular complexity index is 349. The van der Waals surface area contributed by atoms with E-state index in [9.17, 15) is 4.79 Å². The van der Waals surface area contributed by atoms with Crippen molar-refractivity contribution >= 4 is 17.3 Å². The molecule has 1 aromatic rings. The summed E-state index contributed by atoms with van der Waals surface area (Å²) in [7, 11) is 1.63. The third kappa shape index (κ3) is 1.30. The van der Waals surface area contributed by atoms with E-state index in [4.69, 9.17) is 0 Å². The molecule has 0 spiro atoms. The second-order valence-corrected chi connectivity index (χ2v) is 2.87. The molecule has 0 fully saturated rings. The van der Waals surface area contributed by atoms with Crippen LogP contribution in [0.25, 0.3) is 0 Å². The fourth-order valence-electron chi connectivity index (χ4n) is 1.36. The maximum absolute atomic E-state index is 11.3. The summed E-state index contributed by atoms with van der Waals surface area (Å²) < 4.78 is 0. The topological polar surface area (TPSA) is 53.2 Å². The molecule has 2 rings (SSSR count). The van der Waals surface area contributed by atoms with Crippen molar-refractivity contribution in [2.45, 2.75) is 0 Å². The van der Waals surface area contributed by atoms with Gasteiger partial charge in [-0.1, -0.05) is 0 Å². The quantitative estimate of drug-likeness (QED) is 0.596. The molecule has 1 aromatic carbocycles. The molecule has 4 nitrogen and oxygen atoms in total. The summed E-state index contributed by atoms with van der Waals surface area (Å²) in [6.07, 6.45) is 0. The first-order valence-corrected chi connectivity index (χ1v) is 4.15. The zero-order valence-corrected chi connectivity index (χ0v) is 7.35. The number of carbonyl (C=O) groups is 1. The van der Waals surface area contributed by atoms with Gasteiger partial charge in [-0.05, 0) is 18.2 Å². The first-order valence-electron chi connectivity index (χ1n) is 4.15. The van der Waals surface area contributed by atoms with Crippen LogP contribution in [0, 0.1) is 0 Å². The van der Waals surface area contributed by atoms with E-state index in [1.807, 2.05) is 12.1 Å². The number of nitrogens with one attached hydrogen (secondary N) is 3. The highest BCUT2D eigenvalue weighted by atomic mass is 16.1. The maximum atomic E-state index is 11.3. The molecule has 0 bridgehead atoms. The van der Waals surface area contributed by atoms with Crippen molar-refractivity contribution in [3.05, 3.63) is 23.8 Å². The van der Waals surface area contributed by atoms with Crippen molar-refractivity contribution in [1.29, 1.82) is 0 Å². The van der Waals surface area contributed by atoms with Crippen molar-refractivity contribution in [3.8, 4) is 0 Å². The van der Waals surface area contributed by atoms with Crippen molar-refractivity contribution in [3.63, 3.8) is 0 Å².